The summed E-state index contributed by atoms with van der Waals surface area (Å²) in [6.45, 7) is 2.31. The SMILES string of the molecule is COB(O)[C@@H]1CCCN1C(=O)[C@H](C)N. The van der Waals surface area contributed by atoms with Gasteiger partial charge in [-0.05, 0) is 19.8 Å². The monoisotopic (exact) mass is 200 g/mol. The van der Waals surface area contributed by atoms with Gasteiger partial charge in [-0.3, -0.25) is 4.79 Å². The van der Waals surface area contributed by atoms with Crippen LogP contribution in [0, 0.1) is 0 Å². The molecular formula is C8H17BN2O3. The Hall–Kier alpha value is -0.585. The van der Waals surface area contributed by atoms with E-state index in [1.807, 2.05) is 0 Å². The number of carbonyl (C=O) groups excluding carboxylic acids is 1. The first-order valence-electron chi connectivity index (χ1n) is 4.85. The van der Waals surface area contributed by atoms with Gasteiger partial charge in [0.15, 0.2) is 0 Å². The highest BCUT2D eigenvalue weighted by atomic mass is 16.5. The zero-order valence-electron chi connectivity index (χ0n) is 8.64. The molecule has 1 fully saturated rings. The fourth-order valence-corrected chi connectivity index (χ4v) is 1.78. The third-order valence-corrected chi connectivity index (χ3v) is 2.54. The van der Waals surface area contributed by atoms with Crippen molar-refractivity contribution >= 4 is 13.0 Å². The summed E-state index contributed by atoms with van der Waals surface area (Å²) in [6.07, 6.45) is 1.66. The predicted octanol–water partition coefficient (Wildman–Crippen LogP) is -1.01. The van der Waals surface area contributed by atoms with Crippen LogP contribution in [-0.2, 0) is 9.45 Å². The number of likely N-dealkylation sites (tertiary alicyclic amines) is 1. The van der Waals surface area contributed by atoms with E-state index in [1.54, 1.807) is 11.8 Å². The van der Waals surface area contributed by atoms with E-state index < -0.39 is 13.2 Å². The molecule has 0 aromatic rings. The second-order valence-electron chi connectivity index (χ2n) is 3.66. The summed E-state index contributed by atoms with van der Waals surface area (Å²) in [5.41, 5.74) is 5.51. The van der Waals surface area contributed by atoms with Crippen LogP contribution in [-0.4, -0.2) is 48.6 Å². The Kier molecular flexibility index (Phi) is 3.91. The Morgan fingerprint density at radius 2 is 2.43 bits per heavy atom. The van der Waals surface area contributed by atoms with E-state index in [4.69, 9.17) is 10.4 Å². The summed E-state index contributed by atoms with van der Waals surface area (Å²) in [5, 5.41) is 9.50. The van der Waals surface area contributed by atoms with E-state index in [0.29, 0.717) is 6.54 Å². The maximum absolute atomic E-state index is 11.6. The van der Waals surface area contributed by atoms with Gasteiger partial charge in [-0.2, -0.15) is 0 Å². The number of rotatable bonds is 3. The van der Waals surface area contributed by atoms with Crippen LogP contribution >= 0.6 is 0 Å². The Balaban J connectivity index is 2.63. The quantitative estimate of drug-likeness (QED) is 0.572. The zero-order chi connectivity index (χ0) is 10.7. The van der Waals surface area contributed by atoms with Crippen molar-refractivity contribution in [3.05, 3.63) is 0 Å². The van der Waals surface area contributed by atoms with Gasteiger partial charge in [0, 0.05) is 13.7 Å². The van der Waals surface area contributed by atoms with Crippen molar-refractivity contribution in [3.8, 4) is 0 Å². The molecule has 0 radical (unpaired) electrons. The summed E-state index contributed by atoms with van der Waals surface area (Å²) < 4.78 is 4.82. The molecule has 0 aromatic carbocycles. The van der Waals surface area contributed by atoms with Gasteiger partial charge in [0.1, 0.15) is 0 Å². The molecular weight excluding hydrogens is 183 g/mol. The average Bonchev–Trinajstić information content (AvgIpc) is 2.63. The minimum Gasteiger partial charge on any atom is -0.426 e. The largest absolute Gasteiger partial charge is 0.478 e. The minimum atomic E-state index is -0.903. The predicted molar refractivity (Wildman–Crippen MR) is 53.4 cm³/mol. The van der Waals surface area contributed by atoms with Crippen molar-refractivity contribution in [3.63, 3.8) is 0 Å². The summed E-state index contributed by atoms with van der Waals surface area (Å²) in [7, 11) is 0.525. The van der Waals surface area contributed by atoms with Crippen LogP contribution in [0.15, 0.2) is 0 Å². The summed E-state index contributed by atoms with van der Waals surface area (Å²) >= 11 is 0. The van der Waals surface area contributed by atoms with Gasteiger partial charge >= 0.3 is 7.12 Å². The molecule has 1 aliphatic heterocycles. The van der Waals surface area contributed by atoms with Crippen molar-refractivity contribution in [2.75, 3.05) is 13.7 Å². The van der Waals surface area contributed by atoms with Gasteiger partial charge in [0.2, 0.25) is 5.91 Å². The number of amides is 1. The van der Waals surface area contributed by atoms with Crippen molar-refractivity contribution in [2.24, 2.45) is 5.73 Å². The number of nitrogens with two attached hydrogens (primary N) is 1. The molecule has 1 aliphatic rings. The lowest BCUT2D eigenvalue weighted by molar-refractivity contribution is -0.132. The van der Waals surface area contributed by atoms with Gasteiger partial charge in [-0.25, -0.2) is 0 Å². The summed E-state index contributed by atoms with van der Waals surface area (Å²) in [5.74, 6) is -0.359. The molecule has 0 spiro atoms. The molecule has 1 saturated heterocycles. The third-order valence-electron chi connectivity index (χ3n) is 2.54. The van der Waals surface area contributed by atoms with Crippen molar-refractivity contribution in [2.45, 2.75) is 31.7 Å². The van der Waals surface area contributed by atoms with E-state index in [1.165, 1.54) is 7.11 Å². The lowest BCUT2D eigenvalue weighted by Gasteiger charge is -2.26. The molecule has 6 heteroatoms. The maximum atomic E-state index is 11.6. The number of hydrogen-bond donors (Lipinski definition) is 2. The van der Waals surface area contributed by atoms with Crippen molar-refractivity contribution < 1.29 is 14.5 Å². The van der Waals surface area contributed by atoms with Crippen LogP contribution < -0.4 is 5.73 Å². The molecule has 0 aliphatic carbocycles. The summed E-state index contributed by atoms with van der Waals surface area (Å²) in [6, 6.07) is -0.514. The van der Waals surface area contributed by atoms with E-state index in [9.17, 15) is 9.82 Å². The highest BCUT2D eigenvalue weighted by molar-refractivity contribution is 6.45. The van der Waals surface area contributed by atoms with Gasteiger partial charge < -0.3 is 20.3 Å². The molecule has 80 valence electrons. The molecule has 1 heterocycles. The Labute approximate surface area is 84.3 Å². The number of carbonyl (C=O) groups is 1. The van der Waals surface area contributed by atoms with E-state index >= 15 is 0 Å². The summed E-state index contributed by atoms with van der Waals surface area (Å²) in [4.78, 5) is 13.2. The zero-order valence-corrected chi connectivity index (χ0v) is 8.64. The highest BCUT2D eigenvalue weighted by Crippen LogP contribution is 2.19. The van der Waals surface area contributed by atoms with E-state index in [-0.39, 0.29) is 11.8 Å². The van der Waals surface area contributed by atoms with Crippen molar-refractivity contribution in [1.82, 2.24) is 4.90 Å². The van der Waals surface area contributed by atoms with Crippen LogP contribution in [0.2, 0.25) is 0 Å². The molecule has 14 heavy (non-hydrogen) atoms. The molecule has 3 N–H and O–H groups in total. The molecule has 5 nitrogen and oxygen atoms in total. The van der Waals surface area contributed by atoms with Crippen LogP contribution in [0.4, 0.5) is 0 Å². The van der Waals surface area contributed by atoms with Gasteiger partial charge in [0.05, 0.1) is 12.0 Å². The first-order chi connectivity index (χ1) is 6.57. The first kappa shape index (κ1) is 11.5. The Bertz CT molecular complexity index is 213. The number of nitrogens with zero attached hydrogens (tertiary/aromatic N) is 1. The third kappa shape index (κ3) is 2.26. The fraction of sp³-hybridized carbons (Fsp3) is 0.875. The second-order valence-corrected chi connectivity index (χ2v) is 3.66. The highest BCUT2D eigenvalue weighted by Gasteiger charge is 2.38. The first-order valence-corrected chi connectivity index (χ1v) is 4.85. The molecule has 0 saturated carbocycles. The molecule has 1 amide bonds. The van der Waals surface area contributed by atoms with Gasteiger partial charge in [0.25, 0.3) is 0 Å². The lowest BCUT2D eigenvalue weighted by atomic mass is 9.77. The van der Waals surface area contributed by atoms with E-state index in [2.05, 4.69) is 0 Å². The lowest BCUT2D eigenvalue weighted by Crippen LogP contribution is -2.51. The van der Waals surface area contributed by atoms with Crippen molar-refractivity contribution in [1.29, 1.82) is 0 Å². The van der Waals surface area contributed by atoms with Gasteiger partial charge in [-0.1, -0.05) is 0 Å². The van der Waals surface area contributed by atoms with E-state index in [0.717, 1.165) is 12.8 Å². The molecule has 2 atom stereocenters. The maximum Gasteiger partial charge on any atom is 0.478 e. The molecule has 1 rings (SSSR count). The standard InChI is InChI=1S/C8H17BN2O3/c1-6(10)8(12)11-5-3-4-7(11)9(13)14-2/h6-7,13H,3-5,10H2,1-2H3/t6-,7-/m0/s1. The normalized spacial score (nSPS) is 23.7. The van der Waals surface area contributed by atoms with Crippen LogP contribution in [0.3, 0.4) is 0 Å². The minimum absolute atomic E-state index is 0.122. The fourth-order valence-electron chi connectivity index (χ4n) is 1.78. The molecule has 0 unspecified atom stereocenters. The second kappa shape index (κ2) is 4.77. The number of hydrogen-bond acceptors (Lipinski definition) is 4. The average molecular weight is 200 g/mol. The van der Waals surface area contributed by atoms with Gasteiger partial charge in [-0.15, -0.1) is 0 Å². The molecule has 0 bridgehead atoms. The van der Waals surface area contributed by atoms with Crippen LogP contribution in [0.5, 0.6) is 0 Å². The van der Waals surface area contributed by atoms with Crippen LogP contribution in [0.1, 0.15) is 19.8 Å². The Morgan fingerprint density at radius 3 is 2.93 bits per heavy atom. The Morgan fingerprint density at radius 1 is 1.79 bits per heavy atom. The topological polar surface area (TPSA) is 75.8 Å². The smallest absolute Gasteiger partial charge is 0.426 e. The molecule has 0 aromatic heterocycles. The van der Waals surface area contributed by atoms with Crippen LogP contribution in [0.25, 0.3) is 0 Å².